The van der Waals surface area contributed by atoms with Gasteiger partial charge in [0.05, 0.1) is 23.1 Å². The monoisotopic (exact) mass is 364 g/mol. The van der Waals surface area contributed by atoms with Crippen LogP contribution in [0.15, 0.2) is 24.3 Å². The number of benzene rings is 1. The Labute approximate surface area is 158 Å². The van der Waals surface area contributed by atoms with E-state index in [4.69, 9.17) is 0 Å². The number of amides is 1. The minimum atomic E-state index is -0.0617. The molecule has 1 aliphatic rings. The molecule has 1 amide bonds. The lowest BCUT2D eigenvalue weighted by atomic mass is 10.0. The molecule has 7 heteroatoms. The SMILES string of the molecule is Cc1ccc(-n2nnc(C(=O)N3CCCC3c3c(C)n[nH]c3C)c2C)cc1. The van der Waals surface area contributed by atoms with Gasteiger partial charge < -0.3 is 4.90 Å². The minimum Gasteiger partial charge on any atom is -0.330 e. The van der Waals surface area contributed by atoms with Gasteiger partial charge in [-0.1, -0.05) is 22.9 Å². The number of aromatic amines is 1. The van der Waals surface area contributed by atoms with Crippen LogP contribution in [0.2, 0.25) is 0 Å². The number of carbonyl (C=O) groups is 1. The van der Waals surface area contributed by atoms with Gasteiger partial charge in [-0.3, -0.25) is 9.89 Å². The molecule has 3 heterocycles. The third kappa shape index (κ3) is 2.93. The van der Waals surface area contributed by atoms with Crippen molar-refractivity contribution in [1.82, 2.24) is 30.1 Å². The maximum atomic E-state index is 13.3. The highest BCUT2D eigenvalue weighted by atomic mass is 16.2. The van der Waals surface area contributed by atoms with E-state index in [1.165, 1.54) is 5.56 Å². The van der Waals surface area contributed by atoms with E-state index in [-0.39, 0.29) is 11.9 Å². The largest absolute Gasteiger partial charge is 0.330 e. The molecular formula is C20H24N6O. The molecule has 1 aromatic carbocycles. The van der Waals surface area contributed by atoms with Crippen molar-refractivity contribution in [2.24, 2.45) is 0 Å². The second-order valence-corrected chi connectivity index (χ2v) is 7.28. The Morgan fingerprint density at radius 3 is 2.56 bits per heavy atom. The van der Waals surface area contributed by atoms with E-state index in [0.29, 0.717) is 5.69 Å². The van der Waals surface area contributed by atoms with E-state index in [0.717, 1.165) is 47.7 Å². The van der Waals surface area contributed by atoms with Gasteiger partial charge in [-0.05, 0) is 52.7 Å². The quantitative estimate of drug-likeness (QED) is 0.774. The van der Waals surface area contributed by atoms with Gasteiger partial charge in [-0.25, -0.2) is 4.68 Å². The summed E-state index contributed by atoms with van der Waals surface area (Å²) in [5.74, 6) is -0.0617. The van der Waals surface area contributed by atoms with Crippen LogP contribution in [0.4, 0.5) is 0 Å². The van der Waals surface area contributed by atoms with Crippen LogP contribution in [0.1, 0.15) is 57.6 Å². The molecule has 1 atom stereocenters. The molecule has 0 aliphatic carbocycles. The third-order valence-electron chi connectivity index (χ3n) is 5.41. The first-order valence-electron chi connectivity index (χ1n) is 9.29. The Hall–Kier alpha value is -2.96. The fourth-order valence-electron chi connectivity index (χ4n) is 3.95. The fraction of sp³-hybridized carbons (Fsp3) is 0.400. The summed E-state index contributed by atoms with van der Waals surface area (Å²) in [4.78, 5) is 15.2. The molecule has 1 unspecified atom stereocenters. The number of likely N-dealkylation sites (tertiary alicyclic amines) is 1. The van der Waals surface area contributed by atoms with Gasteiger partial charge in [0, 0.05) is 17.8 Å². The van der Waals surface area contributed by atoms with Crippen LogP contribution < -0.4 is 0 Å². The summed E-state index contributed by atoms with van der Waals surface area (Å²) in [6, 6.07) is 8.07. The van der Waals surface area contributed by atoms with Gasteiger partial charge >= 0.3 is 0 Å². The number of hydrogen-bond acceptors (Lipinski definition) is 4. The number of aromatic nitrogens is 5. The summed E-state index contributed by atoms with van der Waals surface area (Å²) in [6.45, 7) is 8.66. The Kier molecular flexibility index (Phi) is 4.30. The van der Waals surface area contributed by atoms with Crippen LogP contribution in [-0.2, 0) is 0 Å². The van der Waals surface area contributed by atoms with E-state index in [2.05, 4.69) is 20.5 Å². The maximum absolute atomic E-state index is 13.3. The first-order chi connectivity index (χ1) is 13.0. The van der Waals surface area contributed by atoms with E-state index < -0.39 is 0 Å². The Bertz CT molecular complexity index is 965. The number of hydrogen-bond donors (Lipinski definition) is 1. The summed E-state index contributed by atoms with van der Waals surface area (Å²) < 4.78 is 1.73. The lowest BCUT2D eigenvalue weighted by molar-refractivity contribution is 0.0728. The number of carbonyl (C=O) groups excluding carboxylic acids is 1. The second-order valence-electron chi connectivity index (χ2n) is 7.28. The van der Waals surface area contributed by atoms with Gasteiger partial charge in [0.1, 0.15) is 0 Å². The summed E-state index contributed by atoms with van der Waals surface area (Å²) in [7, 11) is 0. The van der Waals surface area contributed by atoms with Crippen molar-refractivity contribution in [1.29, 1.82) is 0 Å². The predicted molar refractivity (Wildman–Crippen MR) is 102 cm³/mol. The van der Waals surface area contributed by atoms with E-state index in [1.807, 2.05) is 56.9 Å². The summed E-state index contributed by atoms with van der Waals surface area (Å²) in [5.41, 5.74) is 6.37. The molecule has 1 N–H and O–H groups in total. The Morgan fingerprint density at radius 2 is 1.89 bits per heavy atom. The highest BCUT2D eigenvalue weighted by Gasteiger charge is 2.35. The second kappa shape index (κ2) is 6.64. The Morgan fingerprint density at radius 1 is 1.15 bits per heavy atom. The Balaban J connectivity index is 1.66. The van der Waals surface area contributed by atoms with Crippen molar-refractivity contribution in [2.75, 3.05) is 6.54 Å². The van der Waals surface area contributed by atoms with Gasteiger partial charge in [0.2, 0.25) is 0 Å². The van der Waals surface area contributed by atoms with Crippen LogP contribution >= 0.6 is 0 Å². The van der Waals surface area contributed by atoms with E-state index >= 15 is 0 Å². The van der Waals surface area contributed by atoms with Crippen molar-refractivity contribution in [3.8, 4) is 5.69 Å². The normalized spacial score (nSPS) is 16.9. The van der Waals surface area contributed by atoms with Crippen molar-refractivity contribution in [3.63, 3.8) is 0 Å². The molecule has 0 radical (unpaired) electrons. The number of nitrogens with zero attached hydrogens (tertiary/aromatic N) is 5. The van der Waals surface area contributed by atoms with Crippen LogP contribution in [-0.4, -0.2) is 42.5 Å². The van der Waals surface area contributed by atoms with Crippen LogP contribution in [0.3, 0.4) is 0 Å². The third-order valence-corrected chi connectivity index (χ3v) is 5.41. The fourth-order valence-corrected chi connectivity index (χ4v) is 3.95. The van der Waals surface area contributed by atoms with Gasteiger partial charge in [-0.15, -0.1) is 5.10 Å². The van der Waals surface area contributed by atoms with Crippen LogP contribution in [0.5, 0.6) is 0 Å². The molecule has 27 heavy (non-hydrogen) atoms. The van der Waals surface area contributed by atoms with Crippen molar-refractivity contribution >= 4 is 5.91 Å². The number of rotatable bonds is 3. The van der Waals surface area contributed by atoms with Crippen molar-refractivity contribution < 1.29 is 4.79 Å². The summed E-state index contributed by atoms with van der Waals surface area (Å²) in [6.07, 6.45) is 1.92. The molecule has 7 nitrogen and oxygen atoms in total. The average molecular weight is 364 g/mol. The molecule has 3 aromatic rings. The molecule has 140 valence electrons. The smallest absolute Gasteiger partial charge is 0.276 e. The number of H-pyrrole nitrogens is 1. The van der Waals surface area contributed by atoms with Crippen LogP contribution in [0, 0.1) is 27.7 Å². The zero-order valence-electron chi connectivity index (χ0n) is 16.2. The highest BCUT2D eigenvalue weighted by Crippen LogP contribution is 2.36. The lowest BCUT2D eigenvalue weighted by Crippen LogP contribution is -2.31. The first-order valence-corrected chi connectivity index (χ1v) is 9.29. The van der Waals surface area contributed by atoms with Gasteiger partial charge in [0.15, 0.2) is 5.69 Å². The standard InChI is InChI=1S/C20H24N6O/c1-12-7-9-16(10-8-12)26-15(4)19(23-24-26)20(27)25-11-5-6-17(25)18-13(2)21-22-14(18)3/h7-10,17H,5-6,11H2,1-4H3,(H,21,22). The zero-order valence-corrected chi connectivity index (χ0v) is 16.2. The summed E-state index contributed by atoms with van der Waals surface area (Å²) in [5, 5.41) is 15.8. The molecule has 0 saturated carbocycles. The molecular weight excluding hydrogens is 340 g/mol. The molecule has 1 aliphatic heterocycles. The molecule has 2 aromatic heterocycles. The highest BCUT2D eigenvalue weighted by molar-refractivity contribution is 5.93. The molecule has 0 bridgehead atoms. The van der Waals surface area contributed by atoms with E-state index in [1.54, 1.807) is 4.68 Å². The average Bonchev–Trinajstić information content (AvgIpc) is 3.35. The topological polar surface area (TPSA) is 79.7 Å². The molecule has 4 rings (SSSR count). The number of nitrogens with one attached hydrogen (secondary N) is 1. The minimum absolute atomic E-state index is 0.0418. The van der Waals surface area contributed by atoms with Gasteiger partial charge in [0.25, 0.3) is 5.91 Å². The van der Waals surface area contributed by atoms with Crippen molar-refractivity contribution in [3.05, 3.63) is 58.2 Å². The molecule has 0 spiro atoms. The molecule has 1 saturated heterocycles. The molecule has 1 fully saturated rings. The predicted octanol–water partition coefficient (Wildman–Crippen LogP) is 3.20. The van der Waals surface area contributed by atoms with Crippen molar-refractivity contribution in [2.45, 2.75) is 46.6 Å². The summed E-state index contributed by atoms with van der Waals surface area (Å²) >= 11 is 0. The first kappa shape index (κ1) is 17.5. The lowest BCUT2D eigenvalue weighted by Gasteiger charge is -2.24. The van der Waals surface area contributed by atoms with Crippen LogP contribution in [0.25, 0.3) is 5.69 Å². The maximum Gasteiger partial charge on any atom is 0.276 e. The zero-order chi connectivity index (χ0) is 19.1. The van der Waals surface area contributed by atoms with E-state index in [9.17, 15) is 4.79 Å². The number of aryl methyl sites for hydroxylation is 3. The van der Waals surface area contributed by atoms with Gasteiger partial charge in [-0.2, -0.15) is 5.10 Å².